The van der Waals surface area contributed by atoms with Crippen LogP contribution in [0.4, 0.5) is 0 Å². The lowest BCUT2D eigenvalue weighted by Crippen LogP contribution is -2.12. The van der Waals surface area contributed by atoms with E-state index in [9.17, 15) is 4.79 Å². The highest BCUT2D eigenvalue weighted by Gasteiger charge is 2.11. The van der Waals surface area contributed by atoms with Crippen molar-refractivity contribution in [2.45, 2.75) is 26.7 Å². The molecule has 0 bridgehead atoms. The second-order valence-corrected chi connectivity index (χ2v) is 7.39. The van der Waals surface area contributed by atoms with Gasteiger partial charge in [0, 0.05) is 6.42 Å². The summed E-state index contributed by atoms with van der Waals surface area (Å²) in [5.74, 6) is 1.19. The summed E-state index contributed by atoms with van der Waals surface area (Å²) in [4.78, 5) is 11.3. The van der Waals surface area contributed by atoms with Gasteiger partial charge in [-0.3, -0.25) is 0 Å². The molecule has 30 heavy (non-hydrogen) atoms. The van der Waals surface area contributed by atoms with E-state index in [1.54, 1.807) is 7.11 Å². The van der Waals surface area contributed by atoms with E-state index >= 15 is 0 Å². The Morgan fingerprint density at radius 2 is 1.53 bits per heavy atom. The van der Waals surface area contributed by atoms with Crippen molar-refractivity contribution >= 4 is 5.97 Å². The Hall–Kier alpha value is -3.27. The Balaban J connectivity index is 1.82. The topological polar surface area (TPSA) is 44.8 Å². The molecule has 0 N–H and O–H groups in total. The Morgan fingerprint density at radius 3 is 2.17 bits per heavy atom. The van der Waals surface area contributed by atoms with E-state index in [1.807, 2.05) is 24.3 Å². The Bertz CT molecular complexity index is 986. The van der Waals surface area contributed by atoms with Crippen LogP contribution in [0.1, 0.15) is 33.4 Å². The first-order chi connectivity index (χ1) is 14.5. The molecule has 0 fully saturated rings. The van der Waals surface area contributed by atoms with E-state index in [-0.39, 0.29) is 6.61 Å². The maximum absolute atomic E-state index is 11.3. The molecule has 0 aliphatic heterocycles. The number of hydrogen-bond donors (Lipinski definition) is 0. The molecule has 0 amide bonds. The number of rotatable bonds is 8. The molecule has 0 unspecified atom stereocenters. The highest BCUT2D eigenvalue weighted by molar-refractivity contribution is 5.70. The van der Waals surface area contributed by atoms with Crippen molar-refractivity contribution in [3.8, 4) is 11.5 Å². The van der Waals surface area contributed by atoms with Gasteiger partial charge in [0.2, 0.25) is 0 Å². The maximum Gasteiger partial charge on any atom is 0.343 e. The molecular weight excluding hydrogens is 376 g/mol. The van der Waals surface area contributed by atoms with E-state index in [0.29, 0.717) is 5.75 Å². The van der Waals surface area contributed by atoms with Crippen LogP contribution in [0.5, 0.6) is 11.5 Å². The fraction of sp³-hybridized carbons (Fsp3) is 0.269. The van der Waals surface area contributed by atoms with Crippen molar-refractivity contribution in [3.05, 3.63) is 94.0 Å². The first-order valence-corrected chi connectivity index (χ1v) is 9.99. The average Bonchev–Trinajstić information content (AvgIpc) is 2.75. The summed E-state index contributed by atoms with van der Waals surface area (Å²) in [5.41, 5.74) is 7.19. The van der Waals surface area contributed by atoms with Gasteiger partial charge in [-0.2, -0.15) is 0 Å². The van der Waals surface area contributed by atoms with Gasteiger partial charge in [0.25, 0.3) is 0 Å². The predicted molar refractivity (Wildman–Crippen MR) is 118 cm³/mol. The van der Waals surface area contributed by atoms with Crippen LogP contribution in [0, 0.1) is 13.8 Å². The van der Waals surface area contributed by atoms with Crippen LogP contribution in [0.3, 0.4) is 0 Å². The third-order valence-electron chi connectivity index (χ3n) is 5.22. The number of benzene rings is 3. The second kappa shape index (κ2) is 9.97. The molecule has 0 saturated heterocycles. The van der Waals surface area contributed by atoms with Crippen LogP contribution in [-0.2, 0) is 22.4 Å². The molecule has 4 heteroatoms. The fourth-order valence-electron chi connectivity index (χ4n) is 3.62. The lowest BCUT2D eigenvalue weighted by molar-refractivity contribution is -0.142. The summed E-state index contributed by atoms with van der Waals surface area (Å²) in [5, 5.41) is 0. The molecule has 4 nitrogen and oxygen atoms in total. The van der Waals surface area contributed by atoms with Gasteiger partial charge < -0.3 is 14.2 Å². The van der Waals surface area contributed by atoms with E-state index < -0.39 is 5.97 Å². The molecule has 0 heterocycles. The van der Waals surface area contributed by atoms with Crippen LogP contribution in [0.25, 0.3) is 0 Å². The molecule has 0 atom stereocenters. The Kier molecular flexibility index (Phi) is 7.12. The summed E-state index contributed by atoms with van der Waals surface area (Å²) in [7, 11) is 3.07. The standard InChI is InChI=1S/C26H28O4/c1-18-12-23(30-17-26(27)29-4)13-19(2)24(18)16-21-10-11-25(28-3)22(15-21)14-20-8-6-5-7-9-20/h5-13,15H,14,16-17H2,1-4H3. The van der Waals surface area contributed by atoms with Crippen molar-refractivity contribution in [1.82, 2.24) is 0 Å². The third kappa shape index (κ3) is 5.41. The summed E-state index contributed by atoms with van der Waals surface area (Å²) in [6.07, 6.45) is 1.65. The molecular formula is C26H28O4. The zero-order valence-electron chi connectivity index (χ0n) is 18.0. The molecule has 0 aromatic heterocycles. The third-order valence-corrected chi connectivity index (χ3v) is 5.22. The predicted octanol–water partition coefficient (Wildman–Crippen LogP) is 5.05. The monoisotopic (exact) mass is 404 g/mol. The minimum atomic E-state index is -0.390. The lowest BCUT2D eigenvalue weighted by Gasteiger charge is -2.15. The normalized spacial score (nSPS) is 10.5. The van der Waals surface area contributed by atoms with Crippen molar-refractivity contribution in [2.75, 3.05) is 20.8 Å². The van der Waals surface area contributed by atoms with Crippen molar-refractivity contribution in [2.24, 2.45) is 0 Å². The first kappa shape index (κ1) is 21.4. The number of carbonyl (C=O) groups excluding carboxylic acids is 1. The summed E-state index contributed by atoms with van der Waals surface area (Å²) >= 11 is 0. The molecule has 0 spiro atoms. The SMILES string of the molecule is COC(=O)COc1cc(C)c(Cc2ccc(OC)c(Cc3ccccc3)c2)c(C)c1. The lowest BCUT2D eigenvalue weighted by atomic mass is 9.93. The molecule has 3 rings (SSSR count). The number of methoxy groups -OCH3 is 2. The summed E-state index contributed by atoms with van der Waals surface area (Å²) in [6.45, 7) is 4.06. The molecule has 3 aromatic rings. The van der Waals surface area contributed by atoms with Crippen molar-refractivity contribution in [1.29, 1.82) is 0 Å². The smallest absolute Gasteiger partial charge is 0.343 e. The van der Waals surface area contributed by atoms with Gasteiger partial charge in [-0.25, -0.2) is 4.79 Å². The van der Waals surface area contributed by atoms with Gasteiger partial charge in [-0.1, -0.05) is 42.5 Å². The number of ether oxygens (including phenoxy) is 3. The zero-order chi connectivity index (χ0) is 21.5. The number of carbonyl (C=O) groups is 1. The van der Waals surface area contributed by atoms with Crippen LogP contribution in [0.2, 0.25) is 0 Å². The number of hydrogen-bond acceptors (Lipinski definition) is 4. The molecule has 3 aromatic carbocycles. The quantitative estimate of drug-likeness (QED) is 0.493. The van der Waals surface area contributed by atoms with Gasteiger partial charge >= 0.3 is 5.97 Å². The minimum absolute atomic E-state index is 0.0872. The molecule has 0 saturated carbocycles. The zero-order valence-corrected chi connectivity index (χ0v) is 18.0. The number of esters is 1. The average molecular weight is 405 g/mol. The first-order valence-electron chi connectivity index (χ1n) is 9.99. The van der Waals surface area contributed by atoms with Crippen LogP contribution in [-0.4, -0.2) is 26.8 Å². The Labute approximate surface area is 178 Å². The highest BCUT2D eigenvalue weighted by atomic mass is 16.6. The van der Waals surface area contributed by atoms with Crippen molar-refractivity contribution in [3.63, 3.8) is 0 Å². The second-order valence-electron chi connectivity index (χ2n) is 7.39. The van der Waals surface area contributed by atoms with Crippen molar-refractivity contribution < 1.29 is 19.0 Å². The van der Waals surface area contributed by atoms with Gasteiger partial charge in [-0.15, -0.1) is 0 Å². The number of aryl methyl sites for hydroxylation is 2. The molecule has 0 radical (unpaired) electrons. The van der Waals surface area contributed by atoms with Crippen LogP contribution in [0.15, 0.2) is 60.7 Å². The van der Waals surface area contributed by atoms with Gasteiger partial charge in [0.1, 0.15) is 11.5 Å². The largest absolute Gasteiger partial charge is 0.496 e. The van der Waals surface area contributed by atoms with Crippen LogP contribution >= 0.6 is 0 Å². The van der Waals surface area contributed by atoms with E-state index in [1.165, 1.54) is 29.4 Å². The van der Waals surface area contributed by atoms with Gasteiger partial charge in [0.05, 0.1) is 14.2 Å². The van der Waals surface area contributed by atoms with E-state index in [0.717, 1.165) is 29.7 Å². The summed E-state index contributed by atoms with van der Waals surface area (Å²) < 4.78 is 15.8. The minimum Gasteiger partial charge on any atom is -0.496 e. The van der Waals surface area contributed by atoms with E-state index in [2.05, 4.69) is 55.0 Å². The molecule has 0 aliphatic rings. The van der Waals surface area contributed by atoms with Gasteiger partial charge in [-0.05, 0) is 71.8 Å². The highest BCUT2D eigenvalue weighted by Crippen LogP contribution is 2.28. The van der Waals surface area contributed by atoms with Gasteiger partial charge in [0.15, 0.2) is 6.61 Å². The molecule has 156 valence electrons. The Morgan fingerprint density at radius 1 is 0.833 bits per heavy atom. The molecule has 0 aliphatic carbocycles. The fourth-order valence-corrected chi connectivity index (χ4v) is 3.62. The van der Waals surface area contributed by atoms with Crippen LogP contribution < -0.4 is 9.47 Å². The summed E-state index contributed by atoms with van der Waals surface area (Å²) in [6, 6.07) is 20.7. The van der Waals surface area contributed by atoms with E-state index in [4.69, 9.17) is 9.47 Å². The maximum atomic E-state index is 11.3.